The first kappa shape index (κ1) is 36.1. The normalized spacial score (nSPS) is 17.7. The molecule has 0 amide bonds. The van der Waals surface area contributed by atoms with Crippen molar-refractivity contribution < 1.29 is 24.5 Å². The molecule has 4 heterocycles. The first-order valence-corrected chi connectivity index (χ1v) is 18.9. The molecule has 7 heteroatoms. The van der Waals surface area contributed by atoms with E-state index < -0.39 is 0 Å². The quantitative estimate of drug-likeness (QED) is 0.125. The number of nitrogens with one attached hydrogen (secondary N) is 2. The Labute approximate surface area is 322 Å². The second-order valence-corrected chi connectivity index (χ2v) is 16.8. The number of aliphatic hydroxyl groups excluding tert-OH is 1. The number of anilines is 2. The van der Waals surface area contributed by atoms with Crippen LogP contribution in [0, 0.1) is 5.41 Å². The summed E-state index contributed by atoms with van der Waals surface area (Å²) in [6, 6.07) is 28.8. The second-order valence-electron chi connectivity index (χ2n) is 16.8. The third-order valence-electron chi connectivity index (χ3n) is 11.0. The smallest absolute Gasteiger partial charge is 0.360 e. The lowest BCUT2D eigenvalue weighted by Gasteiger charge is -2.32. The molecule has 4 N–H and O–H groups in total. The predicted molar refractivity (Wildman–Crippen MR) is 222 cm³/mol. The molecular formula is C48H46N2O5. The molecule has 0 bridgehead atoms. The van der Waals surface area contributed by atoms with Gasteiger partial charge >= 0.3 is 11.3 Å². The van der Waals surface area contributed by atoms with Crippen molar-refractivity contribution in [1.29, 1.82) is 0 Å². The number of fused-ring (bicyclic) bond motifs is 4. The Balaban J connectivity index is 0.00000427. The fourth-order valence-corrected chi connectivity index (χ4v) is 8.15. The van der Waals surface area contributed by atoms with E-state index in [0.717, 1.165) is 110 Å². The van der Waals surface area contributed by atoms with Gasteiger partial charge in [-0.1, -0.05) is 81.4 Å². The molecule has 0 saturated heterocycles. The van der Waals surface area contributed by atoms with Gasteiger partial charge in [0.1, 0.15) is 17.3 Å². The van der Waals surface area contributed by atoms with Crippen LogP contribution in [0.5, 0.6) is 5.75 Å². The van der Waals surface area contributed by atoms with Crippen LogP contribution in [0.15, 0.2) is 118 Å². The minimum Gasteiger partial charge on any atom is -0.870 e. The standard InChI is InChI=1S/C48H44N2O4.H2O/c1-47(2,3)39-25-34(30-13-7-9-16-37(30)53-39)32-19-18-28(29-21-23-50-44(29)32)24-36-45(51)42(46(36)52)41(33-15-11-12-27-20-22-49-43(27)33)35-26-40(48(4,5)6)54-38-17-10-8-14-31(35)38;/h7-19,24-26,50H,20-23H2,1-6H3,(H-,49,51,52);1H2. The predicted octanol–water partition coefficient (Wildman–Crippen LogP) is 11.1. The molecule has 55 heavy (non-hydrogen) atoms. The Morgan fingerprint density at radius 2 is 1.55 bits per heavy atom. The lowest BCUT2D eigenvalue weighted by atomic mass is 9.75. The number of para-hydroxylation sites is 3. The Morgan fingerprint density at radius 1 is 0.800 bits per heavy atom. The maximum atomic E-state index is 14.6. The van der Waals surface area contributed by atoms with E-state index in [1.54, 1.807) is 0 Å². The van der Waals surface area contributed by atoms with Crippen molar-refractivity contribution in [3.63, 3.8) is 0 Å². The van der Waals surface area contributed by atoms with Crippen molar-refractivity contribution in [2.24, 2.45) is 5.41 Å². The fraction of sp³-hybridized carbons (Fsp3) is 0.250. The highest BCUT2D eigenvalue weighted by Crippen LogP contribution is 2.51. The first-order valence-electron chi connectivity index (χ1n) is 18.9. The molecule has 7 nitrogen and oxygen atoms in total. The van der Waals surface area contributed by atoms with E-state index in [1.807, 2.05) is 54.6 Å². The molecule has 0 spiro atoms. The lowest BCUT2D eigenvalue weighted by Crippen LogP contribution is -2.25. The topological polar surface area (TPSA) is 112 Å². The molecule has 0 unspecified atom stereocenters. The molecule has 0 saturated carbocycles. The summed E-state index contributed by atoms with van der Waals surface area (Å²) in [6.07, 6.45) is 5.65. The van der Waals surface area contributed by atoms with Gasteiger partial charge < -0.3 is 26.0 Å². The molecule has 4 aromatic carbocycles. The van der Waals surface area contributed by atoms with Crippen LogP contribution in [-0.4, -0.2) is 29.5 Å². The average molecular weight is 731 g/mol. The average Bonchev–Trinajstić information content (AvgIpc) is 3.85. The van der Waals surface area contributed by atoms with Gasteiger partial charge in [-0.15, -0.1) is 0 Å². The zero-order valence-electron chi connectivity index (χ0n) is 32.2. The molecule has 0 radical (unpaired) electrons. The van der Waals surface area contributed by atoms with Crippen LogP contribution in [0.4, 0.5) is 11.4 Å². The lowest BCUT2D eigenvalue weighted by molar-refractivity contribution is -0.113. The zero-order chi connectivity index (χ0) is 37.5. The summed E-state index contributed by atoms with van der Waals surface area (Å²) in [5.41, 5.74) is 12.0. The van der Waals surface area contributed by atoms with Crippen LogP contribution < -0.4 is 15.4 Å². The largest absolute Gasteiger partial charge is 0.870 e. The number of hydrogen-bond donors (Lipinski definition) is 3. The Morgan fingerprint density at radius 3 is 2.33 bits per heavy atom. The van der Waals surface area contributed by atoms with Crippen LogP contribution >= 0.6 is 0 Å². The van der Waals surface area contributed by atoms with Crippen molar-refractivity contribution in [2.45, 2.75) is 59.8 Å². The number of ether oxygens (including phenoxy) is 1. The summed E-state index contributed by atoms with van der Waals surface area (Å²) in [5, 5.41) is 20.3. The number of aliphatic hydroxyl groups is 1. The summed E-state index contributed by atoms with van der Waals surface area (Å²) in [7, 11) is 0. The van der Waals surface area contributed by atoms with Crippen LogP contribution in [0.1, 0.15) is 75.1 Å². The van der Waals surface area contributed by atoms with E-state index in [2.05, 4.69) is 94.7 Å². The van der Waals surface area contributed by atoms with E-state index in [-0.39, 0.29) is 27.8 Å². The maximum absolute atomic E-state index is 14.6. The number of hydrogen-bond acceptors (Lipinski definition) is 6. The number of Topliss-reactive ketones (excluding diaryl/α,β-unsaturated/α-hetero) is 1. The molecule has 0 fully saturated rings. The highest BCUT2D eigenvalue weighted by Gasteiger charge is 2.41. The highest BCUT2D eigenvalue weighted by molar-refractivity contribution is 6.33. The Kier molecular flexibility index (Phi) is 8.61. The van der Waals surface area contributed by atoms with Gasteiger partial charge in [0.15, 0.2) is 0 Å². The third kappa shape index (κ3) is 5.94. The van der Waals surface area contributed by atoms with Gasteiger partial charge in [0, 0.05) is 69.8 Å². The summed E-state index contributed by atoms with van der Waals surface area (Å²) < 4.78 is 12.8. The van der Waals surface area contributed by atoms with Gasteiger partial charge in [0.05, 0.1) is 21.9 Å². The van der Waals surface area contributed by atoms with Crippen LogP contribution in [0.25, 0.3) is 39.3 Å². The summed E-state index contributed by atoms with van der Waals surface area (Å²) in [5.74, 6) is 2.29. The molecule has 4 aliphatic rings. The number of carbonyl (C=O) groups is 1. The minimum atomic E-state index is -0.290. The van der Waals surface area contributed by atoms with Crippen molar-refractivity contribution in [3.8, 4) is 16.9 Å². The van der Waals surface area contributed by atoms with Gasteiger partial charge in [-0.2, -0.15) is 0 Å². The molecule has 5 aromatic rings. The second kappa shape index (κ2) is 13.1. The summed E-state index contributed by atoms with van der Waals surface area (Å²) >= 11 is 0. The maximum Gasteiger partial charge on any atom is 0.360 e. The molecule has 9 rings (SSSR count). The van der Waals surface area contributed by atoms with Crippen LogP contribution in [0.2, 0.25) is 0 Å². The van der Waals surface area contributed by atoms with E-state index in [9.17, 15) is 9.90 Å². The first-order chi connectivity index (χ1) is 25.9. The van der Waals surface area contributed by atoms with Crippen molar-refractivity contribution in [1.82, 2.24) is 0 Å². The van der Waals surface area contributed by atoms with Gasteiger partial charge in [-0.25, -0.2) is 4.42 Å². The van der Waals surface area contributed by atoms with Crippen molar-refractivity contribution >= 4 is 45.3 Å². The molecule has 278 valence electrons. The molecule has 3 aliphatic heterocycles. The molecule has 0 atom stereocenters. The number of benzene rings is 4. The van der Waals surface area contributed by atoms with Crippen molar-refractivity contribution in [3.05, 3.63) is 147 Å². The molecule has 1 aromatic heterocycles. The zero-order valence-corrected chi connectivity index (χ0v) is 32.2. The summed E-state index contributed by atoms with van der Waals surface area (Å²) in [6.45, 7) is 14.5. The van der Waals surface area contributed by atoms with Crippen LogP contribution in [0.3, 0.4) is 0 Å². The van der Waals surface area contributed by atoms with Gasteiger partial charge in [-0.3, -0.25) is 4.79 Å². The number of carbonyl (C=O) groups excluding carboxylic acids is 1. The van der Waals surface area contributed by atoms with E-state index in [0.29, 0.717) is 11.1 Å². The fourth-order valence-electron chi connectivity index (χ4n) is 8.15. The van der Waals surface area contributed by atoms with E-state index >= 15 is 0 Å². The molecule has 1 aliphatic carbocycles. The minimum absolute atomic E-state index is 0. The SMILES string of the molecule is CC(C)(C)C1=CC(=C(C2=C(O)C(=Cc3ccc(-c4cc(C(C)(C)C)[o+]c5ccccc45)c4c3CCN4)C2=O)c2cccc3c2NCC3)c2ccccc2O1.[OH-]. The summed E-state index contributed by atoms with van der Waals surface area (Å²) in [4.78, 5) is 14.6. The Bertz CT molecular complexity index is 2570. The molecular weight excluding hydrogens is 685 g/mol. The van der Waals surface area contributed by atoms with Gasteiger partial charge in [0.25, 0.3) is 0 Å². The van der Waals surface area contributed by atoms with Crippen LogP contribution in [-0.2, 0) is 23.1 Å². The van der Waals surface area contributed by atoms with E-state index in [1.165, 1.54) is 5.56 Å². The number of ketones is 1. The van der Waals surface area contributed by atoms with Gasteiger partial charge in [0.2, 0.25) is 5.78 Å². The third-order valence-corrected chi connectivity index (χ3v) is 11.0. The van der Waals surface area contributed by atoms with Gasteiger partial charge in [-0.05, 0) is 80.2 Å². The van der Waals surface area contributed by atoms with E-state index in [4.69, 9.17) is 9.15 Å². The number of rotatable bonds is 4. The Hall–Kier alpha value is -5.92. The number of allylic oxidation sites excluding steroid dienone is 6. The monoisotopic (exact) mass is 730 g/mol. The highest BCUT2D eigenvalue weighted by atomic mass is 16.5. The van der Waals surface area contributed by atoms with Crippen molar-refractivity contribution in [2.75, 3.05) is 23.7 Å².